The van der Waals surface area contributed by atoms with Crippen molar-refractivity contribution in [1.82, 2.24) is 4.98 Å². The Bertz CT molecular complexity index is 564. The van der Waals surface area contributed by atoms with Crippen molar-refractivity contribution in [2.45, 2.75) is 13.5 Å². The first kappa shape index (κ1) is 14.0. The number of anilines is 1. The van der Waals surface area contributed by atoms with Gasteiger partial charge in [-0.2, -0.15) is 0 Å². The van der Waals surface area contributed by atoms with Crippen molar-refractivity contribution >= 4 is 28.9 Å². The van der Waals surface area contributed by atoms with E-state index in [1.165, 1.54) is 0 Å². The average Bonchev–Trinajstić information content (AvgIpc) is 2.38. The number of methoxy groups -OCH3 is 1. The molecule has 2 aromatic rings. The number of aryl methyl sites for hydroxylation is 1. The summed E-state index contributed by atoms with van der Waals surface area (Å²) < 4.78 is 5.30. The van der Waals surface area contributed by atoms with Gasteiger partial charge in [0.1, 0.15) is 10.9 Å². The van der Waals surface area contributed by atoms with Gasteiger partial charge in [-0.1, -0.05) is 41.4 Å². The summed E-state index contributed by atoms with van der Waals surface area (Å²) in [7, 11) is 1.65. The van der Waals surface area contributed by atoms with E-state index in [9.17, 15) is 0 Å². The summed E-state index contributed by atoms with van der Waals surface area (Å²) in [5.74, 6) is 0.839. The van der Waals surface area contributed by atoms with E-state index in [2.05, 4.69) is 10.3 Å². The van der Waals surface area contributed by atoms with Crippen LogP contribution in [0.2, 0.25) is 10.3 Å². The minimum atomic E-state index is 0.375. The zero-order valence-corrected chi connectivity index (χ0v) is 12.2. The lowest BCUT2D eigenvalue weighted by Gasteiger charge is -2.13. The first-order valence-corrected chi connectivity index (χ1v) is 6.56. The van der Waals surface area contributed by atoms with Gasteiger partial charge in [-0.25, -0.2) is 4.98 Å². The molecule has 0 aliphatic carbocycles. The van der Waals surface area contributed by atoms with Crippen LogP contribution in [0.25, 0.3) is 0 Å². The normalized spacial score (nSPS) is 10.3. The van der Waals surface area contributed by atoms with E-state index >= 15 is 0 Å². The number of hydrogen-bond donors (Lipinski definition) is 1. The Morgan fingerprint density at radius 2 is 2.00 bits per heavy atom. The average molecular weight is 297 g/mol. The summed E-state index contributed by atoms with van der Waals surface area (Å²) in [4.78, 5) is 4.03. The molecular weight excluding hydrogens is 283 g/mol. The third-order valence-corrected chi connectivity index (χ3v) is 3.26. The SMILES string of the molecule is COc1ccccc1CNc1c(C)cc(Cl)nc1Cl. The molecule has 0 saturated heterocycles. The Morgan fingerprint density at radius 3 is 2.68 bits per heavy atom. The minimum absolute atomic E-state index is 0.375. The van der Waals surface area contributed by atoms with Gasteiger partial charge in [-0.05, 0) is 24.6 Å². The minimum Gasteiger partial charge on any atom is -0.496 e. The van der Waals surface area contributed by atoms with Crippen molar-refractivity contribution in [2.24, 2.45) is 0 Å². The number of aromatic nitrogens is 1. The molecule has 0 amide bonds. The molecule has 1 aromatic heterocycles. The number of nitrogens with one attached hydrogen (secondary N) is 1. The third kappa shape index (κ3) is 3.31. The molecular formula is C14H14Cl2N2O. The molecule has 5 heteroatoms. The van der Waals surface area contributed by atoms with Crippen molar-refractivity contribution in [1.29, 1.82) is 0 Å². The number of para-hydroxylation sites is 1. The molecule has 0 spiro atoms. The highest BCUT2D eigenvalue weighted by molar-refractivity contribution is 6.34. The quantitative estimate of drug-likeness (QED) is 0.853. The van der Waals surface area contributed by atoms with Gasteiger partial charge in [0.15, 0.2) is 5.15 Å². The number of pyridine rings is 1. The van der Waals surface area contributed by atoms with Crippen molar-refractivity contribution in [3.05, 3.63) is 51.8 Å². The lowest BCUT2D eigenvalue weighted by Crippen LogP contribution is -2.04. The van der Waals surface area contributed by atoms with Crippen LogP contribution in [0.4, 0.5) is 5.69 Å². The smallest absolute Gasteiger partial charge is 0.154 e. The van der Waals surface area contributed by atoms with Crippen LogP contribution >= 0.6 is 23.2 Å². The van der Waals surface area contributed by atoms with Crippen LogP contribution in [0.1, 0.15) is 11.1 Å². The standard InChI is InChI=1S/C14H14Cl2N2O/c1-9-7-12(15)18-14(16)13(9)17-8-10-5-3-4-6-11(10)19-2/h3-7,17H,8H2,1-2H3. The maximum atomic E-state index is 6.09. The Balaban J connectivity index is 2.19. The van der Waals surface area contributed by atoms with Crippen molar-refractivity contribution in [3.63, 3.8) is 0 Å². The molecule has 3 nitrogen and oxygen atoms in total. The van der Waals surface area contributed by atoms with Gasteiger partial charge in [0, 0.05) is 12.1 Å². The predicted octanol–water partition coefficient (Wildman–Crippen LogP) is 4.32. The fraction of sp³-hybridized carbons (Fsp3) is 0.214. The number of hydrogen-bond acceptors (Lipinski definition) is 3. The summed E-state index contributed by atoms with van der Waals surface area (Å²) in [6.07, 6.45) is 0. The van der Waals surface area contributed by atoms with Gasteiger partial charge in [0.25, 0.3) is 0 Å². The van der Waals surface area contributed by atoms with Crippen molar-refractivity contribution in [3.8, 4) is 5.75 Å². The second kappa shape index (κ2) is 6.13. The topological polar surface area (TPSA) is 34.1 Å². The maximum absolute atomic E-state index is 6.09. The Labute approximate surface area is 122 Å². The molecule has 0 atom stereocenters. The monoisotopic (exact) mass is 296 g/mol. The molecule has 1 aromatic carbocycles. The first-order valence-electron chi connectivity index (χ1n) is 5.80. The number of benzene rings is 1. The third-order valence-electron chi connectivity index (χ3n) is 2.79. The molecule has 0 bridgehead atoms. The summed E-state index contributed by atoms with van der Waals surface area (Å²) in [5, 5.41) is 4.04. The van der Waals surface area contributed by atoms with E-state index in [1.54, 1.807) is 13.2 Å². The fourth-order valence-corrected chi connectivity index (χ4v) is 2.44. The largest absolute Gasteiger partial charge is 0.496 e. The second-order valence-electron chi connectivity index (χ2n) is 4.09. The number of rotatable bonds is 4. The molecule has 0 aliphatic heterocycles. The molecule has 0 aliphatic rings. The van der Waals surface area contributed by atoms with E-state index < -0.39 is 0 Å². The van der Waals surface area contributed by atoms with Crippen LogP contribution in [0.5, 0.6) is 5.75 Å². The molecule has 19 heavy (non-hydrogen) atoms. The van der Waals surface area contributed by atoms with Gasteiger partial charge < -0.3 is 10.1 Å². The summed E-state index contributed by atoms with van der Waals surface area (Å²) in [6, 6.07) is 9.60. The zero-order valence-electron chi connectivity index (χ0n) is 10.7. The second-order valence-corrected chi connectivity index (χ2v) is 4.84. The highest BCUT2D eigenvalue weighted by Gasteiger charge is 2.08. The lowest BCUT2D eigenvalue weighted by atomic mass is 10.2. The number of halogens is 2. The van der Waals surface area contributed by atoms with Gasteiger partial charge in [-0.3, -0.25) is 0 Å². The lowest BCUT2D eigenvalue weighted by molar-refractivity contribution is 0.410. The highest BCUT2D eigenvalue weighted by Crippen LogP contribution is 2.27. The van der Waals surface area contributed by atoms with Crippen molar-refractivity contribution in [2.75, 3.05) is 12.4 Å². The van der Waals surface area contributed by atoms with Crippen LogP contribution in [0.15, 0.2) is 30.3 Å². The predicted molar refractivity (Wildman–Crippen MR) is 79.3 cm³/mol. The molecule has 100 valence electrons. The first-order chi connectivity index (χ1) is 9.11. The molecule has 0 saturated carbocycles. The zero-order chi connectivity index (χ0) is 13.8. The van der Waals surface area contributed by atoms with E-state index in [0.29, 0.717) is 16.9 Å². The van der Waals surface area contributed by atoms with E-state index in [1.807, 2.05) is 31.2 Å². The summed E-state index contributed by atoms with van der Waals surface area (Å²) in [5.41, 5.74) is 2.80. The number of ether oxygens (including phenoxy) is 1. The Hall–Kier alpha value is -1.45. The van der Waals surface area contributed by atoms with Gasteiger partial charge in [0.05, 0.1) is 12.8 Å². The molecule has 1 heterocycles. The molecule has 2 rings (SSSR count). The molecule has 0 unspecified atom stereocenters. The van der Waals surface area contributed by atoms with E-state index in [0.717, 1.165) is 22.6 Å². The summed E-state index contributed by atoms with van der Waals surface area (Å²) >= 11 is 11.9. The van der Waals surface area contributed by atoms with Gasteiger partial charge in [0.2, 0.25) is 0 Å². The van der Waals surface area contributed by atoms with E-state index in [-0.39, 0.29) is 0 Å². The molecule has 1 N–H and O–H groups in total. The Morgan fingerprint density at radius 1 is 1.26 bits per heavy atom. The van der Waals surface area contributed by atoms with Crippen LogP contribution < -0.4 is 10.1 Å². The summed E-state index contributed by atoms with van der Waals surface area (Å²) in [6.45, 7) is 2.54. The maximum Gasteiger partial charge on any atom is 0.154 e. The molecule has 0 radical (unpaired) electrons. The fourth-order valence-electron chi connectivity index (χ4n) is 1.84. The number of nitrogens with zero attached hydrogens (tertiary/aromatic N) is 1. The van der Waals surface area contributed by atoms with E-state index in [4.69, 9.17) is 27.9 Å². The molecule has 0 fully saturated rings. The highest BCUT2D eigenvalue weighted by atomic mass is 35.5. The van der Waals surface area contributed by atoms with Gasteiger partial charge in [-0.15, -0.1) is 0 Å². The van der Waals surface area contributed by atoms with Crippen LogP contribution in [0.3, 0.4) is 0 Å². The van der Waals surface area contributed by atoms with Crippen LogP contribution in [-0.4, -0.2) is 12.1 Å². The van der Waals surface area contributed by atoms with Crippen molar-refractivity contribution < 1.29 is 4.74 Å². The van der Waals surface area contributed by atoms with Crippen LogP contribution in [-0.2, 0) is 6.54 Å². The van der Waals surface area contributed by atoms with Gasteiger partial charge >= 0.3 is 0 Å². The van der Waals surface area contributed by atoms with Crippen LogP contribution in [0, 0.1) is 6.92 Å². The Kier molecular flexibility index (Phi) is 4.51.